The molecule has 0 aliphatic carbocycles. The highest BCUT2D eigenvalue weighted by molar-refractivity contribution is 6.44. The molecular formula is C16H20N2O3. The Hall–Kier alpha value is -2.30. The van der Waals surface area contributed by atoms with Gasteiger partial charge >= 0.3 is 0 Å². The molecule has 0 aliphatic rings. The van der Waals surface area contributed by atoms with Crippen molar-refractivity contribution in [2.75, 3.05) is 20.7 Å². The van der Waals surface area contributed by atoms with Crippen LogP contribution in [0.4, 0.5) is 0 Å². The maximum atomic E-state index is 12.4. The Kier molecular flexibility index (Phi) is 4.62. The number of aromatic amines is 1. The van der Waals surface area contributed by atoms with Crippen LogP contribution in [0.3, 0.4) is 0 Å². The van der Waals surface area contributed by atoms with Crippen LogP contribution >= 0.6 is 0 Å². The number of likely N-dealkylation sites (N-methyl/N-ethyl adjacent to an activating group) is 1. The molecule has 1 N–H and O–H groups in total. The number of carbonyl (C=O) groups is 2. The molecule has 0 saturated heterocycles. The first kappa shape index (κ1) is 15.1. The number of hydrogen-bond donors (Lipinski definition) is 1. The van der Waals surface area contributed by atoms with Crippen LogP contribution in [-0.4, -0.2) is 42.3 Å². The fourth-order valence-electron chi connectivity index (χ4n) is 2.20. The van der Waals surface area contributed by atoms with E-state index in [4.69, 9.17) is 4.74 Å². The van der Waals surface area contributed by atoms with Gasteiger partial charge in [-0.2, -0.15) is 0 Å². The normalized spacial score (nSPS) is 10.6. The third kappa shape index (κ3) is 3.07. The van der Waals surface area contributed by atoms with E-state index in [-0.39, 0.29) is 0 Å². The quantitative estimate of drug-likeness (QED) is 0.656. The summed E-state index contributed by atoms with van der Waals surface area (Å²) in [6.45, 7) is 2.64. The lowest BCUT2D eigenvalue weighted by Crippen LogP contribution is -2.33. The van der Waals surface area contributed by atoms with Gasteiger partial charge in [0.05, 0.1) is 12.7 Å². The zero-order valence-corrected chi connectivity index (χ0v) is 12.6. The minimum atomic E-state index is -0.492. The zero-order valence-electron chi connectivity index (χ0n) is 12.6. The van der Waals surface area contributed by atoms with Gasteiger partial charge in [0.15, 0.2) is 0 Å². The van der Waals surface area contributed by atoms with Gasteiger partial charge in [-0.05, 0) is 24.6 Å². The van der Waals surface area contributed by atoms with Crippen molar-refractivity contribution in [3.63, 3.8) is 0 Å². The lowest BCUT2D eigenvalue weighted by molar-refractivity contribution is -0.125. The predicted molar refractivity (Wildman–Crippen MR) is 81.7 cm³/mol. The SMILES string of the molecule is CCCCN(C)C(=O)C(=O)c1c[nH]c2ccc(OC)cc12. The molecule has 2 rings (SSSR count). The minimum Gasteiger partial charge on any atom is -0.497 e. The Morgan fingerprint density at radius 3 is 2.76 bits per heavy atom. The molecule has 0 saturated carbocycles. The first-order valence-corrected chi connectivity index (χ1v) is 7.03. The third-order valence-electron chi connectivity index (χ3n) is 3.52. The number of amides is 1. The van der Waals surface area contributed by atoms with Crippen molar-refractivity contribution in [3.8, 4) is 5.75 Å². The molecule has 0 radical (unpaired) electrons. The number of nitrogens with zero attached hydrogens (tertiary/aromatic N) is 1. The number of ether oxygens (including phenoxy) is 1. The van der Waals surface area contributed by atoms with Crippen molar-refractivity contribution in [3.05, 3.63) is 30.0 Å². The van der Waals surface area contributed by atoms with Gasteiger partial charge in [0, 0.05) is 30.7 Å². The van der Waals surface area contributed by atoms with Crippen LogP contribution in [0.1, 0.15) is 30.1 Å². The van der Waals surface area contributed by atoms with E-state index in [0.29, 0.717) is 23.2 Å². The van der Waals surface area contributed by atoms with Crippen molar-refractivity contribution in [2.24, 2.45) is 0 Å². The van der Waals surface area contributed by atoms with Crippen molar-refractivity contribution >= 4 is 22.6 Å². The standard InChI is InChI=1S/C16H20N2O3/c1-4-5-8-18(2)16(20)15(19)13-10-17-14-7-6-11(21-3)9-12(13)14/h6-7,9-10,17H,4-5,8H2,1-3H3. The summed E-state index contributed by atoms with van der Waals surface area (Å²) in [6.07, 6.45) is 3.45. The van der Waals surface area contributed by atoms with Gasteiger partial charge in [-0.3, -0.25) is 9.59 Å². The average Bonchev–Trinajstić information content (AvgIpc) is 2.93. The van der Waals surface area contributed by atoms with Crippen LogP contribution < -0.4 is 4.74 Å². The van der Waals surface area contributed by atoms with Crippen LogP contribution in [0.2, 0.25) is 0 Å². The van der Waals surface area contributed by atoms with E-state index in [1.807, 2.05) is 19.1 Å². The number of ketones is 1. The first-order chi connectivity index (χ1) is 10.1. The lowest BCUT2D eigenvalue weighted by Gasteiger charge is -2.15. The number of fused-ring (bicyclic) bond motifs is 1. The van der Waals surface area contributed by atoms with Crippen LogP contribution in [0.5, 0.6) is 5.75 Å². The monoisotopic (exact) mass is 288 g/mol. The van der Waals surface area contributed by atoms with Gasteiger partial charge < -0.3 is 14.6 Å². The molecule has 0 bridgehead atoms. The molecule has 1 heterocycles. The van der Waals surface area contributed by atoms with Crippen LogP contribution in [-0.2, 0) is 4.79 Å². The number of carbonyl (C=O) groups excluding carboxylic acids is 2. The lowest BCUT2D eigenvalue weighted by atomic mass is 10.1. The fourth-order valence-corrected chi connectivity index (χ4v) is 2.20. The van der Waals surface area contributed by atoms with Gasteiger partial charge in [0.25, 0.3) is 11.7 Å². The average molecular weight is 288 g/mol. The highest BCUT2D eigenvalue weighted by atomic mass is 16.5. The Morgan fingerprint density at radius 1 is 1.33 bits per heavy atom. The Labute approximate surface area is 123 Å². The number of methoxy groups -OCH3 is 1. The maximum Gasteiger partial charge on any atom is 0.294 e. The Morgan fingerprint density at radius 2 is 2.10 bits per heavy atom. The second kappa shape index (κ2) is 6.43. The zero-order chi connectivity index (χ0) is 15.4. The number of aromatic nitrogens is 1. The van der Waals surface area contributed by atoms with E-state index < -0.39 is 11.7 Å². The second-order valence-electron chi connectivity index (χ2n) is 5.02. The van der Waals surface area contributed by atoms with Crippen molar-refractivity contribution < 1.29 is 14.3 Å². The topological polar surface area (TPSA) is 62.4 Å². The summed E-state index contributed by atoms with van der Waals surface area (Å²) in [4.78, 5) is 29.0. The smallest absolute Gasteiger partial charge is 0.294 e. The Balaban J connectivity index is 2.28. The molecular weight excluding hydrogens is 268 g/mol. The Bertz CT molecular complexity index is 661. The summed E-state index contributed by atoms with van der Waals surface area (Å²) >= 11 is 0. The maximum absolute atomic E-state index is 12.4. The first-order valence-electron chi connectivity index (χ1n) is 7.03. The second-order valence-corrected chi connectivity index (χ2v) is 5.02. The van der Waals surface area contributed by atoms with Crippen molar-refractivity contribution in [1.82, 2.24) is 9.88 Å². The van der Waals surface area contributed by atoms with Gasteiger partial charge in [-0.25, -0.2) is 0 Å². The van der Waals surface area contributed by atoms with E-state index in [1.165, 1.54) is 4.90 Å². The molecule has 2 aromatic rings. The molecule has 0 unspecified atom stereocenters. The molecule has 0 aliphatic heterocycles. The molecule has 21 heavy (non-hydrogen) atoms. The molecule has 112 valence electrons. The summed E-state index contributed by atoms with van der Waals surface area (Å²) in [5.74, 6) is -0.316. The molecule has 0 atom stereocenters. The van der Waals surface area contributed by atoms with Gasteiger partial charge in [-0.15, -0.1) is 0 Å². The van der Waals surface area contributed by atoms with Crippen molar-refractivity contribution in [1.29, 1.82) is 0 Å². The number of rotatable bonds is 6. The molecule has 1 aromatic heterocycles. The summed E-state index contributed by atoms with van der Waals surface area (Å²) in [6, 6.07) is 5.40. The number of hydrogen-bond acceptors (Lipinski definition) is 3. The number of H-pyrrole nitrogens is 1. The molecule has 1 amide bonds. The number of unbranched alkanes of at least 4 members (excludes halogenated alkanes) is 1. The highest BCUT2D eigenvalue weighted by Gasteiger charge is 2.23. The number of nitrogens with one attached hydrogen (secondary N) is 1. The van der Waals surface area contributed by atoms with Gasteiger partial charge in [0.1, 0.15) is 5.75 Å². The van der Waals surface area contributed by atoms with Gasteiger partial charge in [-0.1, -0.05) is 13.3 Å². The van der Waals surface area contributed by atoms with Crippen LogP contribution in [0.25, 0.3) is 10.9 Å². The van der Waals surface area contributed by atoms with E-state index in [0.717, 1.165) is 18.4 Å². The van der Waals surface area contributed by atoms with E-state index in [9.17, 15) is 9.59 Å². The molecule has 5 heteroatoms. The number of Topliss-reactive ketones (excluding diaryl/α,β-unsaturated/α-hetero) is 1. The minimum absolute atomic E-state index is 0.386. The molecule has 0 spiro atoms. The summed E-state index contributed by atoms with van der Waals surface area (Å²) < 4.78 is 5.17. The fraction of sp³-hybridized carbons (Fsp3) is 0.375. The summed E-state index contributed by atoms with van der Waals surface area (Å²) in [5, 5.41) is 0.705. The predicted octanol–water partition coefficient (Wildman–Crippen LogP) is 2.62. The van der Waals surface area contributed by atoms with Crippen LogP contribution in [0.15, 0.2) is 24.4 Å². The van der Waals surface area contributed by atoms with E-state index in [2.05, 4.69) is 4.98 Å². The van der Waals surface area contributed by atoms with Crippen molar-refractivity contribution in [2.45, 2.75) is 19.8 Å². The highest BCUT2D eigenvalue weighted by Crippen LogP contribution is 2.24. The molecule has 1 aromatic carbocycles. The van der Waals surface area contributed by atoms with E-state index in [1.54, 1.807) is 26.4 Å². The van der Waals surface area contributed by atoms with E-state index >= 15 is 0 Å². The van der Waals surface area contributed by atoms with Crippen LogP contribution in [0, 0.1) is 0 Å². The largest absolute Gasteiger partial charge is 0.497 e. The summed E-state index contributed by atoms with van der Waals surface area (Å²) in [5.41, 5.74) is 1.19. The number of benzene rings is 1. The summed E-state index contributed by atoms with van der Waals surface area (Å²) in [7, 11) is 3.23. The molecule has 0 fully saturated rings. The molecule has 5 nitrogen and oxygen atoms in total. The third-order valence-corrected chi connectivity index (χ3v) is 3.52. The van der Waals surface area contributed by atoms with Gasteiger partial charge in [0.2, 0.25) is 0 Å².